The molecule has 0 fully saturated rings. The first-order chi connectivity index (χ1) is 9.85. The van der Waals surface area contributed by atoms with Gasteiger partial charge in [-0.15, -0.1) is 0 Å². The van der Waals surface area contributed by atoms with Gasteiger partial charge in [0, 0.05) is 17.0 Å². The average Bonchev–Trinajstić information content (AvgIpc) is 2.53. The second-order valence-electron chi connectivity index (χ2n) is 4.92. The summed E-state index contributed by atoms with van der Waals surface area (Å²) in [5.74, 6) is 1.07. The van der Waals surface area contributed by atoms with Gasteiger partial charge in [0.1, 0.15) is 0 Å². The summed E-state index contributed by atoms with van der Waals surface area (Å²) in [6.07, 6.45) is 1.16. The molecule has 0 spiro atoms. The first-order valence-corrected chi connectivity index (χ1v) is 8.27. The molecule has 0 aliphatic carbocycles. The van der Waals surface area contributed by atoms with Crippen LogP contribution in [0.2, 0.25) is 0 Å². The van der Waals surface area contributed by atoms with E-state index in [1.54, 1.807) is 0 Å². The number of rotatable bonds is 7. The summed E-state index contributed by atoms with van der Waals surface area (Å²) in [6, 6.07) is 21.9. The van der Waals surface area contributed by atoms with E-state index in [1.165, 1.54) is 11.1 Å². The third kappa shape index (κ3) is 4.12. The number of hydrogen-bond acceptors (Lipinski definition) is 2. The Labute approximate surface area is 126 Å². The second kappa shape index (κ2) is 8.13. The van der Waals surface area contributed by atoms with Gasteiger partial charge in [-0.25, -0.2) is 0 Å². The van der Waals surface area contributed by atoms with Gasteiger partial charge in [0.25, 0.3) is 0 Å². The highest BCUT2D eigenvalue weighted by Gasteiger charge is 2.20. The van der Waals surface area contributed by atoms with Gasteiger partial charge in [-0.2, -0.15) is 11.8 Å². The van der Waals surface area contributed by atoms with Gasteiger partial charge in [0.05, 0.1) is 0 Å². The highest BCUT2D eigenvalue weighted by molar-refractivity contribution is 7.99. The zero-order valence-electron chi connectivity index (χ0n) is 12.3. The Hall–Kier alpha value is -1.25. The monoisotopic (exact) mass is 285 g/mol. The number of thioether (sulfide) groups is 1. The molecule has 0 saturated heterocycles. The lowest BCUT2D eigenvalue weighted by molar-refractivity contribution is 0.555. The summed E-state index contributed by atoms with van der Waals surface area (Å²) in [7, 11) is 2.06. The Kier molecular flexibility index (Phi) is 6.16. The Morgan fingerprint density at radius 2 is 1.55 bits per heavy atom. The molecular formula is C18H23NS. The van der Waals surface area contributed by atoms with Crippen LogP contribution in [0.3, 0.4) is 0 Å². The molecule has 2 atom stereocenters. The SMILES string of the molecule is CCC(SCc1ccccc1)C(NC)c1ccccc1. The van der Waals surface area contributed by atoms with E-state index in [9.17, 15) is 0 Å². The van der Waals surface area contributed by atoms with Crippen molar-refractivity contribution in [3.05, 3.63) is 71.8 Å². The lowest BCUT2D eigenvalue weighted by atomic mass is 10.0. The maximum absolute atomic E-state index is 3.48. The van der Waals surface area contributed by atoms with Gasteiger partial charge in [-0.05, 0) is 24.6 Å². The molecule has 0 aromatic heterocycles. The largest absolute Gasteiger partial charge is 0.312 e. The van der Waals surface area contributed by atoms with Gasteiger partial charge in [0.15, 0.2) is 0 Å². The molecule has 0 aliphatic rings. The van der Waals surface area contributed by atoms with Gasteiger partial charge in [-0.1, -0.05) is 67.6 Å². The molecule has 2 unspecified atom stereocenters. The molecule has 0 radical (unpaired) electrons. The van der Waals surface area contributed by atoms with Crippen LogP contribution in [0.1, 0.15) is 30.5 Å². The molecule has 2 heteroatoms. The minimum absolute atomic E-state index is 0.412. The van der Waals surface area contributed by atoms with Crippen LogP contribution in [-0.4, -0.2) is 12.3 Å². The molecule has 1 nitrogen and oxygen atoms in total. The Morgan fingerprint density at radius 3 is 2.10 bits per heavy atom. The summed E-state index contributed by atoms with van der Waals surface area (Å²) in [5.41, 5.74) is 2.78. The molecule has 2 aromatic rings. The molecule has 1 N–H and O–H groups in total. The summed E-state index contributed by atoms with van der Waals surface area (Å²) in [6.45, 7) is 2.27. The van der Waals surface area contributed by atoms with E-state index in [0.717, 1.165) is 12.2 Å². The van der Waals surface area contributed by atoms with E-state index in [0.29, 0.717) is 11.3 Å². The summed E-state index contributed by atoms with van der Waals surface area (Å²) >= 11 is 2.04. The Bertz CT molecular complexity index is 483. The summed E-state index contributed by atoms with van der Waals surface area (Å²) in [4.78, 5) is 0. The fourth-order valence-electron chi connectivity index (χ4n) is 2.45. The van der Waals surface area contributed by atoms with Crippen LogP contribution in [0.25, 0.3) is 0 Å². The van der Waals surface area contributed by atoms with Gasteiger partial charge >= 0.3 is 0 Å². The average molecular weight is 285 g/mol. The van der Waals surface area contributed by atoms with Crippen LogP contribution in [0.5, 0.6) is 0 Å². The van der Waals surface area contributed by atoms with Crippen molar-refractivity contribution < 1.29 is 0 Å². The minimum atomic E-state index is 0.412. The molecule has 0 amide bonds. The molecular weight excluding hydrogens is 262 g/mol. The number of hydrogen-bond donors (Lipinski definition) is 1. The highest BCUT2D eigenvalue weighted by atomic mass is 32.2. The maximum atomic E-state index is 3.48. The van der Waals surface area contributed by atoms with Gasteiger partial charge in [0.2, 0.25) is 0 Å². The topological polar surface area (TPSA) is 12.0 Å². The normalized spacial score (nSPS) is 13.9. The van der Waals surface area contributed by atoms with Crippen LogP contribution in [0.4, 0.5) is 0 Å². The first-order valence-electron chi connectivity index (χ1n) is 7.23. The van der Waals surface area contributed by atoms with E-state index < -0.39 is 0 Å². The Morgan fingerprint density at radius 1 is 0.950 bits per heavy atom. The predicted octanol–water partition coefficient (Wildman–Crippen LogP) is 4.66. The smallest absolute Gasteiger partial charge is 0.0438 e. The van der Waals surface area contributed by atoms with E-state index >= 15 is 0 Å². The zero-order valence-corrected chi connectivity index (χ0v) is 13.1. The lowest BCUT2D eigenvalue weighted by Gasteiger charge is -2.26. The van der Waals surface area contributed by atoms with E-state index in [2.05, 4.69) is 80.0 Å². The van der Waals surface area contributed by atoms with Crippen molar-refractivity contribution in [2.45, 2.75) is 30.4 Å². The molecule has 106 valence electrons. The quantitative estimate of drug-likeness (QED) is 0.794. The van der Waals surface area contributed by atoms with Gasteiger partial charge < -0.3 is 5.32 Å². The molecule has 0 saturated carbocycles. The number of benzene rings is 2. The van der Waals surface area contributed by atoms with Crippen LogP contribution < -0.4 is 5.32 Å². The van der Waals surface area contributed by atoms with Crippen LogP contribution in [0, 0.1) is 0 Å². The van der Waals surface area contributed by atoms with Crippen LogP contribution >= 0.6 is 11.8 Å². The highest BCUT2D eigenvalue weighted by Crippen LogP contribution is 2.31. The lowest BCUT2D eigenvalue weighted by Crippen LogP contribution is -2.27. The molecule has 2 rings (SSSR count). The van der Waals surface area contributed by atoms with Crippen molar-refractivity contribution in [1.82, 2.24) is 5.32 Å². The van der Waals surface area contributed by atoms with E-state index in [1.807, 2.05) is 11.8 Å². The third-order valence-corrected chi connectivity index (χ3v) is 5.08. The van der Waals surface area contributed by atoms with E-state index in [4.69, 9.17) is 0 Å². The van der Waals surface area contributed by atoms with Crippen molar-refractivity contribution in [1.29, 1.82) is 0 Å². The third-order valence-electron chi connectivity index (χ3n) is 3.55. The molecule has 0 bridgehead atoms. The molecule has 2 aromatic carbocycles. The van der Waals surface area contributed by atoms with Crippen molar-refractivity contribution in [2.24, 2.45) is 0 Å². The fraction of sp³-hybridized carbons (Fsp3) is 0.333. The maximum Gasteiger partial charge on any atom is 0.0438 e. The summed E-state index contributed by atoms with van der Waals surface area (Å²) < 4.78 is 0. The fourth-order valence-corrected chi connectivity index (χ4v) is 3.78. The minimum Gasteiger partial charge on any atom is -0.312 e. The first kappa shape index (κ1) is 15.1. The van der Waals surface area contributed by atoms with Crippen molar-refractivity contribution >= 4 is 11.8 Å². The zero-order chi connectivity index (χ0) is 14.2. The van der Waals surface area contributed by atoms with Gasteiger partial charge in [-0.3, -0.25) is 0 Å². The van der Waals surface area contributed by atoms with Crippen molar-refractivity contribution in [3.8, 4) is 0 Å². The standard InChI is InChI=1S/C18H23NS/c1-3-17(20-14-15-10-6-4-7-11-15)18(19-2)16-12-8-5-9-13-16/h4-13,17-19H,3,14H2,1-2H3. The van der Waals surface area contributed by atoms with Crippen molar-refractivity contribution in [2.75, 3.05) is 7.05 Å². The molecule has 0 aliphatic heterocycles. The molecule has 20 heavy (non-hydrogen) atoms. The predicted molar refractivity (Wildman–Crippen MR) is 90.1 cm³/mol. The second-order valence-corrected chi connectivity index (χ2v) is 6.15. The van der Waals surface area contributed by atoms with Crippen LogP contribution in [0.15, 0.2) is 60.7 Å². The van der Waals surface area contributed by atoms with Crippen LogP contribution in [-0.2, 0) is 5.75 Å². The van der Waals surface area contributed by atoms with Crippen molar-refractivity contribution in [3.63, 3.8) is 0 Å². The van der Waals surface area contributed by atoms with E-state index in [-0.39, 0.29) is 0 Å². The molecule has 0 heterocycles. The summed E-state index contributed by atoms with van der Waals surface area (Å²) in [5, 5.41) is 4.07. The number of nitrogens with one attached hydrogen (secondary N) is 1. The Balaban J connectivity index is 2.03.